The van der Waals surface area contributed by atoms with Crippen molar-refractivity contribution >= 4 is 34.2 Å². The van der Waals surface area contributed by atoms with Gasteiger partial charge in [-0.25, -0.2) is 0 Å². The zero-order chi connectivity index (χ0) is 14.4. The third-order valence-corrected chi connectivity index (χ3v) is 4.10. The molecule has 0 aliphatic carbocycles. The zero-order valence-corrected chi connectivity index (χ0v) is 13.9. The summed E-state index contributed by atoms with van der Waals surface area (Å²) in [5.41, 5.74) is 1.97. The van der Waals surface area contributed by atoms with E-state index in [2.05, 4.69) is 39.3 Å². The molecule has 2 rings (SSSR count). The van der Waals surface area contributed by atoms with Crippen LogP contribution in [0.1, 0.15) is 24.8 Å². The van der Waals surface area contributed by atoms with Crippen LogP contribution >= 0.6 is 22.6 Å². The Kier molecular flexibility index (Phi) is 6.25. The van der Waals surface area contributed by atoms with Crippen molar-refractivity contribution in [3.63, 3.8) is 0 Å². The maximum Gasteiger partial charge on any atom is 0.226 e. The third kappa shape index (κ3) is 5.03. The molecule has 1 fully saturated rings. The van der Waals surface area contributed by atoms with Crippen LogP contribution in [-0.4, -0.2) is 31.7 Å². The number of ether oxygens (including phenoxy) is 1. The Morgan fingerprint density at radius 3 is 2.90 bits per heavy atom. The lowest BCUT2D eigenvalue weighted by Crippen LogP contribution is -2.33. The van der Waals surface area contributed by atoms with E-state index in [0.29, 0.717) is 19.1 Å². The monoisotopic (exact) mass is 388 g/mol. The average Bonchev–Trinajstić information content (AvgIpc) is 2.43. The lowest BCUT2D eigenvalue weighted by atomic mass is 10.1. The number of hydrogen-bond acceptors (Lipinski definition) is 3. The van der Waals surface area contributed by atoms with Crippen molar-refractivity contribution in [2.45, 2.75) is 32.3 Å². The lowest BCUT2D eigenvalue weighted by molar-refractivity contribution is -0.117. The summed E-state index contributed by atoms with van der Waals surface area (Å²) in [6, 6.07) is 6.00. The van der Waals surface area contributed by atoms with E-state index in [9.17, 15) is 4.79 Å². The fourth-order valence-electron chi connectivity index (χ4n) is 2.26. The highest BCUT2D eigenvalue weighted by Crippen LogP contribution is 2.18. The van der Waals surface area contributed by atoms with E-state index in [4.69, 9.17) is 4.74 Å². The van der Waals surface area contributed by atoms with E-state index in [1.807, 2.05) is 19.1 Å². The Balaban J connectivity index is 1.72. The van der Waals surface area contributed by atoms with Gasteiger partial charge in [0, 0.05) is 9.26 Å². The Hall–Kier alpha value is -0.660. The molecule has 1 aromatic carbocycles. The van der Waals surface area contributed by atoms with Gasteiger partial charge in [-0.15, -0.1) is 0 Å². The van der Waals surface area contributed by atoms with Crippen LogP contribution in [0.15, 0.2) is 18.2 Å². The van der Waals surface area contributed by atoms with Crippen molar-refractivity contribution < 1.29 is 9.53 Å². The number of aryl methyl sites for hydroxylation is 1. The van der Waals surface area contributed by atoms with Crippen LogP contribution in [0.5, 0.6) is 0 Å². The predicted molar refractivity (Wildman–Crippen MR) is 89.0 cm³/mol. The van der Waals surface area contributed by atoms with Gasteiger partial charge in [-0.1, -0.05) is 0 Å². The normalized spacial score (nSPS) is 16.1. The molecule has 4 nitrogen and oxygen atoms in total. The molecule has 1 aliphatic heterocycles. The number of piperidine rings is 1. The lowest BCUT2D eigenvalue weighted by Gasteiger charge is -2.22. The predicted octanol–water partition coefficient (Wildman–Crippen LogP) is 2.70. The van der Waals surface area contributed by atoms with Crippen LogP contribution in [0, 0.1) is 10.5 Å². The summed E-state index contributed by atoms with van der Waals surface area (Å²) < 4.78 is 6.91. The minimum atomic E-state index is 0.0169. The molecule has 110 valence electrons. The van der Waals surface area contributed by atoms with E-state index in [1.165, 1.54) is 3.57 Å². The number of halogens is 1. The molecular formula is C15H21IN2O2. The number of benzene rings is 1. The van der Waals surface area contributed by atoms with Crippen molar-refractivity contribution in [3.8, 4) is 0 Å². The van der Waals surface area contributed by atoms with E-state index in [1.54, 1.807) is 0 Å². The Bertz CT molecular complexity index is 459. The highest BCUT2D eigenvalue weighted by atomic mass is 127. The van der Waals surface area contributed by atoms with Crippen LogP contribution < -0.4 is 10.6 Å². The van der Waals surface area contributed by atoms with E-state index in [-0.39, 0.29) is 5.91 Å². The molecule has 20 heavy (non-hydrogen) atoms. The van der Waals surface area contributed by atoms with Gasteiger partial charge in [0.2, 0.25) is 5.91 Å². The molecule has 0 atom stereocenters. The first kappa shape index (κ1) is 15.7. The van der Waals surface area contributed by atoms with Crippen molar-refractivity contribution in [2.24, 2.45) is 0 Å². The molecule has 0 radical (unpaired) electrons. The molecule has 0 unspecified atom stereocenters. The number of nitrogens with one attached hydrogen (secondary N) is 2. The second-order valence-electron chi connectivity index (χ2n) is 5.08. The summed E-state index contributed by atoms with van der Waals surface area (Å²) in [4.78, 5) is 11.9. The Morgan fingerprint density at radius 1 is 1.45 bits per heavy atom. The molecule has 5 heteroatoms. The summed E-state index contributed by atoms with van der Waals surface area (Å²) in [6.07, 6.45) is 2.80. The first-order valence-corrected chi connectivity index (χ1v) is 8.11. The highest BCUT2D eigenvalue weighted by molar-refractivity contribution is 14.1. The van der Waals surface area contributed by atoms with Crippen molar-refractivity contribution in [1.29, 1.82) is 0 Å². The van der Waals surface area contributed by atoms with Gasteiger partial charge in [-0.05, 0) is 79.2 Å². The number of hydrogen-bond donors (Lipinski definition) is 2. The topological polar surface area (TPSA) is 50.4 Å². The highest BCUT2D eigenvalue weighted by Gasteiger charge is 2.13. The first-order valence-electron chi connectivity index (χ1n) is 7.03. The number of rotatable bonds is 5. The summed E-state index contributed by atoms with van der Waals surface area (Å²) >= 11 is 2.27. The van der Waals surface area contributed by atoms with Gasteiger partial charge in [0.25, 0.3) is 0 Å². The van der Waals surface area contributed by atoms with Gasteiger partial charge >= 0.3 is 0 Å². The Labute approximate surface area is 133 Å². The summed E-state index contributed by atoms with van der Waals surface area (Å²) in [6.45, 7) is 4.53. The molecule has 0 bridgehead atoms. The summed E-state index contributed by atoms with van der Waals surface area (Å²) in [7, 11) is 0. The smallest absolute Gasteiger partial charge is 0.226 e. The quantitative estimate of drug-likeness (QED) is 0.763. The zero-order valence-electron chi connectivity index (χ0n) is 11.7. The maximum atomic E-state index is 11.9. The second-order valence-corrected chi connectivity index (χ2v) is 6.32. The van der Waals surface area contributed by atoms with Gasteiger partial charge in [-0.3, -0.25) is 4.79 Å². The molecule has 1 aromatic rings. The van der Waals surface area contributed by atoms with Crippen LogP contribution in [0.4, 0.5) is 5.69 Å². The second kappa shape index (κ2) is 7.95. The minimum absolute atomic E-state index is 0.0169. The standard InChI is InChI=1S/C15H21IN2O2/c1-11-10-12(16)2-3-14(11)18-15(19)6-9-20-13-4-7-17-8-5-13/h2-3,10,13,17H,4-9H2,1H3,(H,18,19). The van der Waals surface area contributed by atoms with Gasteiger partial charge in [0.05, 0.1) is 19.1 Å². The molecule has 1 aliphatic rings. The fraction of sp³-hybridized carbons (Fsp3) is 0.533. The largest absolute Gasteiger partial charge is 0.378 e. The number of anilines is 1. The van der Waals surface area contributed by atoms with Crippen molar-refractivity contribution in [2.75, 3.05) is 25.0 Å². The first-order chi connectivity index (χ1) is 9.65. The molecule has 0 aromatic heterocycles. The molecule has 1 heterocycles. The van der Waals surface area contributed by atoms with Crippen LogP contribution in [-0.2, 0) is 9.53 Å². The van der Waals surface area contributed by atoms with Crippen LogP contribution in [0.3, 0.4) is 0 Å². The molecule has 0 saturated carbocycles. The summed E-state index contributed by atoms with van der Waals surface area (Å²) in [5.74, 6) is 0.0169. The fourth-order valence-corrected chi connectivity index (χ4v) is 2.91. The van der Waals surface area contributed by atoms with Gasteiger partial charge < -0.3 is 15.4 Å². The average molecular weight is 388 g/mol. The minimum Gasteiger partial charge on any atom is -0.378 e. The third-order valence-electron chi connectivity index (χ3n) is 3.43. The number of carbonyl (C=O) groups is 1. The maximum absolute atomic E-state index is 11.9. The molecule has 2 N–H and O–H groups in total. The van der Waals surface area contributed by atoms with Crippen LogP contribution in [0.2, 0.25) is 0 Å². The number of amides is 1. The van der Waals surface area contributed by atoms with Crippen molar-refractivity contribution in [1.82, 2.24) is 5.32 Å². The van der Waals surface area contributed by atoms with E-state index in [0.717, 1.165) is 37.2 Å². The molecule has 1 amide bonds. The Morgan fingerprint density at radius 2 is 2.20 bits per heavy atom. The van der Waals surface area contributed by atoms with E-state index >= 15 is 0 Å². The van der Waals surface area contributed by atoms with Gasteiger partial charge in [-0.2, -0.15) is 0 Å². The SMILES string of the molecule is Cc1cc(I)ccc1NC(=O)CCOC1CCNCC1. The van der Waals surface area contributed by atoms with Gasteiger partial charge in [0.15, 0.2) is 0 Å². The molecule has 1 saturated heterocycles. The number of carbonyl (C=O) groups excluding carboxylic acids is 1. The van der Waals surface area contributed by atoms with Crippen LogP contribution in [0.25, 0.3) is 0 Å². The van der Waals surface area contributed by atoms with Gasteiger partial charge in [0.1, 0.15) is 0 Å². The molecular weight excluding hydrogens is 367 g/mol. The van der Waals surface area contributed by atoms with E-state index < -0.39 is 0 Å². The van der Waals surface area contributed by atoms with Crippen molar-refractivity contribution in [3.05, 3.63) is 27.3 Å². The molecule has 0 spiro atoms. The summed E-state index contributed by atoms with van der Waals surface area (Å²) in [5, 5.41) is 6.24.